The Labute approximate surface area is 400 Å². The van der Waals surface area contributed by atoms with Crippen molar-refractivity contribution in [3.63, 3.8) is 0 Å². The van der Waals surface area contributed by atoms with E-state index in [9.17, 15) is 56.1 Å². The molecule has 0 aliphatic heterocycles. The van der Waals surface area contributed by atoms with Crippen LogP contribution in [-0.2, 0) is 68.7 Å². The van der Waals surface area contributed by atoms with Gasteiger partial charge in [0.1, 0.15) is 0 Å². The van der Waals surface area contributed by atoms with E-state index < -0.39 is 80.2 Å². The van der Waals surface area contributed by atoms with Crippen LogP contribution in [0.25, 0.3) is 0 Å². The van der Waals surface area contributed by atoms with Gasteiger partial charge in [0.2, 0.25) is 9.05 Å². The number of hydrogen-bond donors (Lipinski definition) is 3. The van der Waals surface area contributed by atoms with Crippen LogP contribution in [0.5, 0.6) is 0 Å². The summed E-state index contributed by atoms with van der Waals surface area (Å²) in [4.78, 5) is 17.3. The largest absolute Gasteiger partial charge is 1.00 e. The summed E-state index contributed by atoms with van der Waals surface area (Å²) in [5.74, 6) is -1.55. The molecule has 0 aromatic carbocycles. The molecule has 282 valence electrons. The summed E-state index contributed by atoms with van der Waals surface area (Å²) in [6.45, 7) is 0. The Hall–Kier alpha value is 4.28. The van der Waals surface area contributed by atoms with Gasteiger partial charge in [0.15, 0.2) is 8.87 Å². The molecule has 0 radical (unpaired) electrons. The molecule has 0 aromatic rings. The Balaban J connectivity index is -0.0000000332. The fraction of sp³-hybridized carbons (Fsp3) is 1.00. The van der Waals surface area contributed by atoms with E-state index in [4.69, 9.17) is 36.4 Å². The molecule has 0 heterocycles. The predicted molar refractivity (Wildman–Crippen MR) is 174 cm³/mol. The molecule has 0 saturated carbocycles. The molecule has 2 N–H and O–H groups in total. The van der Waals surface area contributed by atoms with Gasteiger partial charge in [-0.15, -0.1) is 10.2 Å². The van der Waals surface area contributed by atoms with E-state index in [0.717, 1.165) is 24.1 Å². The smallest absolute Gasteiger partial charge is 0.773 e. The van der Waals surface area contributed by atoms with E-state index in [1.807, 2.05) is 0 Å². The molecule has 39 heteroatoms. The van der Waals surface area contributed by atoms with Crippen LogP contribution in [0.3, 0.4) is 0 Å². The van der Waals surface area contributed by atoms with Crippen LogP contribution in [0.4, 0.5) is 0 Å². The van der Waals surface area contributed by atoms with Crippen LogP contribution >= 0.6 is 56.7 Å². The SMILES string of the molecule is C.CS(=O)(=O)Cl.CS(=O)(=O)SCCS(=O)(=O)O.CS(=O)[O-].O=NSCCS(=O)(=O)[O-].O=N[O-].O=S(=O)(O)Cl.O=S(=O)([O-])CCS.[Na+].[Na+].[Na+].[Na+]. The Kier molecular flexibility index (Phi) is 84.5. The van der Waals surface area contributed by atoms with E-state index in [2.05, 4.69) is 38.6 Å². The normalized spacial score (nSPS) is 10.6. The molecular weight excluding hydrogens is 968 g/mol. The van der Waals surface area contributed by atoms with E-state index >= 15 is 0 Å². The van der Waals surface area contributed by atoms with Gasteiger partial charge in [-0.25, -0.2) is 33.7 Å². The maximum Gasteiger partial charge on any atom is 1.00 e. The molecule has 0 amide bonds. The predicted octanol–water partition coefficient (Wildman–Crippen LogP) is -12.4. The molecule has 1 atom stereocenters. The van der Waals surface area contributed by atoms with Crippen molar-refractivity contribution in [1.29, 1.82) is 0 Å². The Morgan fingerprint density at radius 2 is 1.00 bits per heavy atom. The number of hydrogen-bond acceptors (Lipinski definition) is 24. The summed E-state index contributed by atoms with van der Waals surface area (Å²) >= 11 is 2.20. The molecule has 0 aromatic heterocycles. The first-order valence-corrected chi connectivity index (χ1v) is 24.9. The zero-order chi connectivity index (χ0) is 37.6. The third-order valence-corrected chi connectivity index (χ3v) is 7.70. The van der Waals surface area contributed by atoms with E-state index in [1.54, 1.807) is 0 Å². The molecule has 0 aliphatic carbocycles. The minimum atomic E-state index is -4.19. The van der Waals surface area contributed by atoms with Crippen LogP contribution in [0.2, 0.25) is 0 Å². The van der Waals surface area contributed by atoms with Crippen LogP contribution in [0, 0.1) is 15.0 Å². The maximum absolute atomic E-state index is 10.4. The second-order valence-electron chi connectivity index (χ2n) is 5.54. The van der Waals surface area contributed by atoms with Gasteiger partial charge in [-0.2, -0.15) is 29.5 Å². The van der Waals surface area contributed by atoms with Gasteiger partial charge in [-0.3, -0.25) is 13.3 Å². The molecule has 0 saturated heterocycles. The molecule has 0 rings (SSSR count). The number of nitrogens with zero attached hydrogens (tertiary/aromatic N) is 2. The summed E-state index contributed by atoms with van der Waals surface area (Å²) in [5.41, 5.74) is 0. The monoisotopic (exact) mass is 994 g/mol. The topological polar surface area (TPSA) is 413 Å². The van der Waals surface area contributed by atoms with E-state index in [0.29, 0.717) is 22.7 Å². The molecular formula is C10H28Cl2N2Na4O21S10. The van der Waals surface area contributed by atoms with Crippen LogP contribution < -0.4 is 118 Å². The molecule has 49 heavy (non-hydrogen) atoms. The van der Waals surface area contributed by atoms with Crippen molar-refractivity contribution >= 4 is 125 Å². The zero-order valence-electron chi connectivity index (χ0n) is 25.7. The van der Waals surface area contributed by atoms with Crippen LogP contribution in [0.15, 0.2) is 9.92 Å². The first-order valence-electron chi connectivity index (χ1n) is 8.72. The van der Waals surface area contributed by atoms with E-state index in [1.165, 1.54) is 0 Å². The Morgan fingerprint density at radius 1 is 0.755 bits per heavy atom. The van der Waals surface area contributed by atoms with Crippen molar-refractivity contribution in [2.24, 2.45) is 9.92 Å². The fourth-order valence-electron chi connectivity index (χ4n) is 0.579. The number of thiol groups is 1. The number of halogens is 2. The first kappa shape index (κ1) is 85.5. The van der Waals surface area contributed by atoms with E-state index in [-0.39, 0.29) is 149 Å². The minimum Gasteiger partial charge on any atom is -0.773 e. The van der Waals surface area contributed by atoms with Gasteiger partial charge in [0.25, 0.3) is 10.1 Å². The van der Waals surface area contributed by atoms with Crippen molar-refractivity contribution in [2.45, 2.75) is 7.43 Å². The van der Waals surface area contributed by atoms with Gasteiger partial charge in [-0.05, 0) is 17.0 Å². The summed E-state index contributed by atoms with van der Waals surface area (Å²) in [5, 5.41) is 9.00. The average Bonchev–Trinajstić information content (AvgIpc) is 2.62. The van der Waals surface area contributed by atoms with Crippen molar-refractivity contribution in [2.75, 3.05) is 53.3 Å². The fourth-order valence-corrected chi connectivity index (χ4v) is 5.60. The third-order valence-electron chi connectivity index (χ3n) is 1.46. The zero-order valence-corrected chi connectivity index (χ0v) is 43.4. The maximum atomic E-state index is 10.4. The molecule has 23 nitrogen and oxygen atoms in total. The minimum absolute atomic E-state index is 0. The molecule has 0 bridgehead atoms. The average molecular weight is 996 g/mol. The standard InChI is InChI=1S/C3H8O5S3.C2H5NO4S2.C2H6O3S2.CH3ClO2S.CH4O2S.CH4.ClHO3S.HNO2.4Na/c1-10(4,5)9-2-3-11(6,7)8;4-3-8-1-2-9(5,6)7;3-7(4,5)2-1-6;1-5(2,3)4;1-4(2)3;;1-5(2,3)4;2-1-3;;;;/h2-3H2,1H3,(H,6,7,8);1-2H2,(H,5,6,7);6H,1-2H2,(H,3,4,5);1H3;1H3,(H,2,3);1H4;(H,2,3,4);(H,2,3);;;;/q;;;;;;;;4*+1/p-4. The third kappa shape index (κ3) is 266. The van der Waals surface area contributed by atoms with Crippen molar-refractivity contribution < 1.29 is 196 Å². The van der Waals surface area contributed by atoms with Gasteiger partial charge in [0.05, 0.1) is 32.2 Å². The quantitative estimate of drug-likeness (QED) is 0.0175. The van der Waals surface area contributed by atoms with Crippen molar-refractivity contribution in [1.82, 2.24) is 0 Å². The molecule has 1 unspecified atom stereocenters. The molecule has 0 spiro atoms. The van der Waals surface area contributed by atoms with Crippen LogP contribution in [-0.4, -0.2) is 131 Å². The van der Waals surface area contributed by atoms with Gasteiger partial charge in [-0.1, -0.05) is 18.5 Å². The van der Waals surface area contributed by atoms with Gasteiger partial charge >= 0.3 is 128 Å². The number of rotatable bonds is 10. The second-order valence-corrected chi connectivity index (χ2v) is 21.8. The summed E-state index contributed by atoms with van der Waals surface area (Å²) in [7, 11) is -13.7. The van der Waals surface area contributed by atoms with Gasteiger partial charge < -0.3 is 23.8 Å². The molecule has 0 aliphatic rings. The first-order chi connectivity index (χ1) is 19.0. The summed E-state index contributed by atoms with van der Waals surface area (Å²) < 4.78 is 172. The molecule has 0 fully saturated rings. The Bertz CT molecular complexity index is 1350. The summed E-state index contributed by atoms with van der Waals surface area (Å²) in [6, 6.07) is 0. The number of nitroso groups, excluding NO2 is 1. The summed E-state index contributed by atoms with van der Waals surface area (Å²) in [6.07, 6.45) is 2.98. The second kappa shape index (κ2) is 48.4. The van der Waals surface area contributed by atoms with Crippen molar-refractivity contribution in [3.05, 3.63) is 15.0 Å². The Morgan fingerprint density at radius 3 is 1.12 bits per heavy atom. The van der Waals surface area contributed by atoms with Crippen LogP contribution in [0.1, 0.15) is 7.43 Å². The van der Waals surface area contributed by atoms with Crippen molar-refractivity contribution in [3.8, 4) is 0 Å². The van der Waals surface area contributed by atoms with Gasteiger partial charge in [0, 0.05) is 72.9 Å².